The number of carbonyl (C=O) groups is 4. The van der Waals surface area contributed by atoms with Gasteiger partial charge in [-0.2, -0.15) is 0 Å². The highest BCUT2D eigenvalue weighted by Gasteiger charge is 2.40. The van der Waals surface area contributed by atoms with Crippen molar-refractivity contribution in [3.8, 4) is 0 Å². The minimum atomic E-state index is -1.07. The van der Waals surface area contributed by atoms with E-state index in [4.69, 9.17) is 0 Å². The monoisotopic (exact) mass is 420 g/mol. The summed E-state index contributed by atoms with van der Waals surface area (Å²) in [6.07, 6.45) is 9.57. The van der Waals surface area contributed by atoms with E-state index in [-0.39, 0.29) is 36.7 Å². The summed E-state index contributed by atoms with van der Waals surface area (Å²) < 4.78 is 0. The van der Waals surface area contributed by atoms with Crippen molar-refractivity contribution >= 4 is 23.6 Å². The molecule has 0 aromatic carbocycles. The number of likely N-dealkylation sites (N-methyl/N-ethyl adjacent to an activating group) is 3. The Labute approximate surface area is 179 Å². The van der Waals surface area contributed by atoms with E-state index in [0.717, 1.165) is 32.1 Å². The van der Waals surface area contributed by atoms with Gasteiger partial charge in [0.05, 0.1) is 13.1 Å². The van der Waals surface area contributed by atoms with E-state index in [0.29, 0.717) is 25.3 Å². The van der Waals surface area contributed by atoms with Crippen LogP contribution in [0.1, 0.15) is 51.9 Å². The zero-order valence-corrected chi connectivity index (χ0v) is 18.8. The van der Waals surface area contributed by atoms with E-state index in [1.54, 1.807) is 33.0 Å². The van der Waals surface area contributed by atoms with E-state index < -0.39 is 5.54 Å². The quantitative estimate of drug-likeness (QED) is 0.694. The first-order valence-corrected chi connectivity index (χ1v) is 10.8. The van der Waals surface area contributed by atoms with E-state index in [9.17, 15) is 19.2 Å². The van der Waals surface area contributed by atoms with Gasteiger partial charge in [0.2, 0.25) is 23.6 Å². The van der Waals surface area contributed by atoms with Gasteiger partial charge in [-0.05, 0) is 51.4 Å². The van der Waals surface area contributed by atoms with Crippen LogP contribution in [0.25, 0.3) is 0 Å². The molecular weight excluding hydrogens is 384 g/mol. The molecular formula is C22H36N4O4. The van der Waals surface area contributed by atoms with Gasteiger partial charge in [0, 0.05) is 34.1 Å². The number of nitrogens with zero attached hydrogens (tertiary/aromatic N) is 3. The number of allylic oxidation sites excluding steroid dienone is 1. The second-order valence-electron chi connectivity index (χ2n) is 8.79. The number of nitrogens with one attached hydrogen (secondary N) is 1. The second-order valence-corrected chi connectivity index (χ2v) is 8.79. The minimum Gasteiger partial charge on any atom is -0.345 e. The maximum atomic E-state index is 13.1. The van der Waals surface area contributed by atoms with Crippen LogP contribution in [-0.2, 0) is 19.2 Å². The molecule has 0 radical (unpaired) electrons. The van der Waals surface area contributed by atoms with Crippen LogP contribution in [0, 0.1) is 5.92 Å². The molecule has 1 heterocycles. The normalized spacial score (nSPS) is 26.3. The van der Waals surface area contributed by atoms with Gasteiger partial charge in [0.1, 0.15) is 5.54 Å². The Balaban J connectivity index is 2.14. The third-order valence-electron chi connectivity index (χ3n) is 6.18. The largest absolute Gasteiger partial charge is 0.345 e. The van der Waals surface area contributed by atoms with Crippen LogP contribution in [-0.4, -0.2) is 84.6 Å². The molecule has 1 atom stereocenters. The molecule has 0 bridgehead atoms. The molecule has 0 aromatic heterocycles. The molecule has 8 nitrogen and oxygen atoms in total. The summed E-state index contributed by atoms with van der Waals surface area (Å²) in [6.45, 7) is 2.15. The average molecular weight is 421 g/mol. The molecule has 0 aromatic rings. The fourth-order valence-corrected chi connectivity index (χ4v) is 3.42. The number of carbonyl (C=O) groups excluding carboxylic acids is 4. The molecule has 30 heavy (non-hydrogen) atoms. The minimum absolute atomic E-state index is 0.0256. The van der Waals surface area contributed by atoms with Gasteiger partial charge in [-0.25, -0.2) is 0 Å². The average Bonchev–Trinajstić information content (AvgIpc) is 3.52. The van der Waals surface area contributed by atoms with Crippen LogP contribution in [0.2, 0.25) is 0 Å². The highest BCUT2D eigenvalue weighted by Crippen LogP contribution is 2.34. The fraction of sp³-hybridized carbons (Fsp3) is 0.727. The van der Waals surface area contributed by atoms with Gasteiger partial charge >= 0.3 is 0 Å². The lowest BCUT2D eigenvalue weighted by Crippen LogP contribution is -2.58. The van der Waals surface area contributed by atoms with Crippen molar-refractivity contribution in [3.63, 3.8) is 0 Å². The van der Waals surface area contributed by atoms with E-state index in [1.807, 2.05) is 12.2 Å². The zero-order chi connectivity index (χ0) is 22.3. The molecule has 1 aliphatic carbocycles. The molecule has 1 unspecified atom stereocenters. The van der Waals surface area contributed by atoms with Crippen molar-refractivity contribution in [1.29, 1.82) is 0 Å². The SMILES string of the molecule is CN1CCCC/C=C/CC(C)(N(C)C(=O)CC2CC2)C(=O)NCC(=O)N(C)CC1=O. The summed E-state index contributed by atoms with van der Waals surface area (Å²) in [6, 6.07) is 0. The van der Waals surface area contributed by atoms with Crippen molar-refractivity contribution in [2.45, 2.75) is 57.4 Å². The third kappa shape index (κ3) is 6.57. The van der Waals surface area contributed by atoms with Crippen molar-refractivity contribution in [1.82, 2.24) is 20.0 Å². The predicted molar refractivity (Wildman–Crippen MR) is 114 cm³/mol. The molecule has 1 saturated carbocycles. The van der Waals surface area contributed by atoms with E-state index in [1.165, 1.54) is 9.80 Å². The van der Waals surface area contributed by atoms with E-state index in [2.05, 4.69) is 5.32 Å². The molecule has 1 fully saturated rings. The van der Waals surface area contributed by atoms with Crippen molar-refractivity contribution in [2.75, 3.05) is 40.8 Å². The Bertz CT molecular complexity index is 689. The number of hydrogen-bond donors (Lipinski definition) is 1. The van der Waals surface area contributed by atoms with Crippen LogP contribution in [0.4, 0.5) is 0 Å². The topological polar surface area (TPSA) is 90.0 Å². The van der Waals surface area contributed by atoms with Crippen molar-refractivity contribution < 1.29 is 19.2 Å². The zero-order valence-electron chi connectivity index (χ0n) is 18.8. The molecule has 4 amide bonds. The Morgan fingerprint density at radius 3 is 2.50 bits per heavy atom. The number of hydrogen-bond acceptors (Lipinski definition) is 4. The first-order chi connectivity index (χ1) is 14.1. The van der Waals surface area contributed by atoms with Gasteiger partial charge in [-0.1, -0.05) is 12.2 Å². The van der Waals surface area contributed by atoms with Crippen molar-refractivity contribution in [3.05, 3.63) is 12.2 Å². The number of amides is 4. The van der Waals surface area contributed by atoms with Crippen LogP contribution < -0.4 is 5.32 Å². The van der Waals surface area contributed by atoms with Crippen LogP contribution in [0.15, 0.2) is 12.2 Å². The van der Waals surface area contributed by atoms with Crippen LogP contribution in [0.3, 0.4) is 0 Å². The molecule has 0 saturated heterocycles. The summed E-state index contributed by atoms with van der Waals surface area (Å²) in [4.78, 5) is 54.9. The van der Waals surface area contributed by atoms with Crippen LogP contribution >= 0.6 is 0 Å². The molecule has 168 valence electrons. The third-order valence-corrected chi connectivity index (χ3v) is 6.18. The maximum absolute atomic E-state index is 13.1. The summed E-state index contributed by atoms with van der Waals surface area (Å²) in [5, 5.41) is 2.68. The summed E-state index contributed by atoms with van der Waals surface area (Å²) in [7, 11) is 4.96. The van der Waals surface area contributed by atoms with Gasteiger partial charge < -0.3 is 20.0 Å². The first kappa shape index (κ1) is 23.9. The highest BCUT2D eigenvalue weighted by molar-refractivity contribution is 5.94. The van der Waals surface area contributed by atoms with Crippen LogP contribution in [0.5, 0.6) is 0 Å². The molecule has 1 N–H and O–H groups in total. The Morgan fingerprint density at radius 1 is 1.13 bits per heavy atom. The molecule has 2 aliphatic rings. The molecule has 8 heteroatoms. The lowest BCUT2D eigenvalue weighted by Gasteiger charge is -2.37. The number of rotatable bonds is 3. The lowest BCUT2D eigenvalue weighted by atomic mass is 9.93. The maximum Gasteiger partial charge on any atom is 0.246 e. The fourth-order valence-electron chi connectivity index (χ4n) is 3.42. The van der Waals surface area contributed by atoms with Crippen molar-refractivity contribution in [2.24, 2.45) is 5.92 Å². The van der Waals surface area contributed by atoms with Gasteiger partial charge in [-0.3, -0.25) is 19.2 Å². The Morgan fingerprint density at radius 2 is 1.83 bits per heavy atom. The Hall–Kier alpha value is -2.38. The first-order valence-electron chi connectivity index (χ1n) is 10.8. The van der Waals surface area contributed by atoms with Gasteiger partial charge in [-0.15, -0.1) is 0 Å². The molecule has 0 spiro atoms. The van der Waals surface area contributed by atoms with Gasteiger partial charge in [0.15, 0.2) is 0 Å². The van der Waals surface area contributed by atoms with E-state index >= 15 is 0 Å². The smallest absolute Gasteiger partial charge is 0.246 e. The second kappa shape index (κ2) is 10.6. The summed E-state index contributed by atoms with van der Waals surface area (Å²) >= 11 is 0. The summed E-state index contributed by atoms with van der Waals surface area (Å²) in [5.74, 6) is -0.456. The lowest BCUT2D eigenvalue weighted by molar-refractivity contribution is -0.146. The molecule has 2 rings (SSSR count). The Kier molecular flexibility index (Phi) is 8.43. The summed E-state index contributed by atoms with van der Waals surface area (Å²) in [5.41, 5.74) is -1.07. The van der Waals surface area contributed by atoms with Gasteiger partial charge in [0.25, 0.3) is 0 Å². The standard InChI is InChI=1S/C22H36N4O4/c1-22(26(4)18(27)14-17-10-11-17)12-8-6-5-7-9-13-24(2)20(29)16-25(3)19(28)15-23-21(22)30/h6,8,17H,5,7,9-16H2,1-4H3,(H,23,30)/b8-6+. The highest BCUT2D eigenvalue weighted by atomic mass is 16.2. The molecule has 1 aliphatic heterocycles. The predicted octanol–water partition coefficient (Wildman–Crippen LogP) is 1.17.